The topological polar surface area (TPSA) is 16.1 Å². The first kappa shape index (κ1) is 13.1. The van der Waals surface area contributed by atoms with E-state index in [0.29, 0.717) is 0 Å². The smallest absolute Gasteiger partial charge is 0.131 e. The summed E-state index contributed by atoms with van der Waals surface area (Å²) in [6.45, 7) is 5.06. The van der Waals surface area contributed by atoms with Crippen LogP contribution in [0.3, 0.4) is 0 Å². The molecule has 0 N–H and O–H groups in total. The third-order valence-corrected chi connectivity index (χ3v) is 3.35. The van der Waals surface area contributed by atoms with Crippen LogP contribution in [0.25, 0.3) is 0 Å². The normalized spacial score (nSPS) is 10.4. The number of benzene rings is 1. The number of rotatable bonds is 3. The molecule has 1 heterocycles. The third-order valence-electron chi connectivity index (χ3n) is 2.92. The summed E-state index contributed by atoms with van der Waals surface area (Å²) in [4.78, 5) is 6.64. The number of halogens is 1. The summed E-state index contributed by atoms with van der Waals surface area (Å²) in [6.07, 6.45) is 1.84. The fourth-order valence-corrected chi connectivity index (χ4v) is 2.42. The fourth-order valence-electron chi connectivity index (χ4n) is 1.98. The van der Waals surface area contributed by atoms with E-state index >= 15 is 0 Å². The molecule has 2 aromatic rings. The Kier molecular flexibility index (Phi) is 4.02. The lowest BCUT2D eigenvalue weighted by molar-refractivity contribution is 0.889. The van der Waals surface area contributed by atoms with Crippen molar-refractivity contribution in [1.29, 1.82) is 0 Å². The SMILES string of the molecule is Cc1ccc(CN(C)c2ncc(Br)cc2C)cc1. The molecule has 0 atom stereocenters. The van der Waals surface area contributed by atoms with Crippen molar-refractivity contribution in [2.24, 2.45) is 0 Å². The van der Waals surface area contributed by atoms with Crippen LogP contribution in [0.4, 0.5) is 5.82 Å². The Morgan fingerprint density at radius 2 is 1.83 bits per heavy atom. The summed E-state index contributed by atoms with van der Waals surface area (Å²) in [5, 5.41) is 0. The van der Waals surface area contributed by atoms with Crippen LogP contribution in [0.5, 0.6) is 0 Å². The molecule has 2 nitrogen and oxygen atoms in total. The Labute approximate surface area is 117 Å². The van der Waals surface area contributed by atoms with Crippen molar-refractivity contribution < 1.29 is 0 Å². The quantitative estimate of drug-likeness (QED) is 0.849. The van der Waals surface area contributed by atoms with E-state index in [9.17, 15) is 0 Å². The van der Waals surface area contributed by atoms with E-state index in [1.165, 1.54) is 16.7 Å². The van der Waals surface area contributed by atoms with Gasteiger partial charge in [-0.25, -0.2) is 4.98 Å². The second kappa shape index (κ2) is 5.53. The van der Waals surface area contributed by atoms with Crippen molar-refractivity contribution in [2.45, 2.75) is 20.4 Å². The van der Waals surface area contributed by atoms with Crippen molar-refractivity contribution >= 4 is 21.7 Å². The lowest BCUT2D eigenvalue weighted by atomic mass is 10.1. The molecule has 0 radical (unpaired) electrons. The molecule has 0 amide bonds. The van der Waals surface area contributed by atoms with Crippen LogP contribution in [-0.2, 0) is 6.54 Å². The number of hydrogen-bond donors (Lipinski definition) is 0. The van der Waals surface area contributed by atoms with E-state index in [4.69, 9.17) is 0 Å². The molecule has 0 saturated carbocycles. The highest BCUT2D eigenvalue weighted by Gasteiger charge is 2.07. The fraction of sp³-hybridized carbons (Fsp3) is 0.267. The monoisotopic (exact) mass is 304 g/mol. The van der Waals surface area contributed by atoms with E-state index < -0.39 is 0 Å². The zero-order valence-electron chi connectivity index (χ0n) is 10.9. The van der Waals surface area contributed by atoms with Crippen LogP contribution in [0.2, 0.25) is 0 Å². The summed E-state index contributed by atoms with van der Waals surface area (Å²) in [5.41, 5.74) is 3.77. The molecule has 0 aliphatic rings. The average Bonchev–Trinajstić information content (AvgIpc) is 2.32. The van der Waals surface area contributed by atoms with Crippen LogP contribution >= 0.6 is 15.9 Å². The van der Waals surface area contributed by atoms with E-state index in [1.54, 1.807) is 0 Å². The van der Waals surface area contributed by atoms with Crippen molar-refractivity contribution in [2.75, 3.05) is 11.9 Å². The van der Waals surface area contributed by atoms with Gasteiger partial charge in [0.2, 0.25) is 0 Å². The molecule has 2 rings (SSSR count). The van der Waals surface area contributed by atoms with Crippen molar-refractivity contribution in [3.05, 3.63) is 57.7 Å². The largest absolute Gasteiger partial charge is 0.355 e. The molecule has 0 spiro atoms. The molecule has 0 bridgehead atoms. The van der Waals surface area contributed by atoms with Crippen LogP contribution in [0, 0.1) is 13.8 Å². The highest BCUT2D eigenvalue weighted by Crippen LogP contribution is 2.21. The molecule has 0 saturated heterocycles. The molecule has 18 heavy (non-hydrogen) atoms. The van der Waals surface area contributed by atoms with E-state index in [-0.39, 0.29) is 0 Å². The zero-order chi connectivity index (χ0) is 13.1. The van der Waals surface area contributed by atoms with E-state index in [1.807, 2.05) is 6.20 Å². The summed E-state index contributed by atoms with van der Waals surface area (Å²) >= 11 is 3.44. The Hall–Kier alpha value is -1.35. The first-order valence-electron chi connectivity index (χ1n) is 5.95. The highest BCUT2D eigenvalue weighted by molar-refractivity contribution is 9.10. The summed E-state index contributed by atoms with van der Waals surface area (Å²) < 4.78 is 1.02. The highest BCUT2D eigenvalue weighted by atomic mass is 79.9. The van der Waals surface area contributed by atoms with E-state index in [0.717, 1.165) is 16.8 Å². The van der Waals surface area contributed by atoms with Gasteiger partial charge < -0.3 is 4.90 Å². The van der Waals surface area contributed by atoms with Crippen molar-refractivity contribution in [1.82, 2.24) is 4.98 Å². The van der Waals surface area contributed by atoms with Crippen LogP contribution < -0.4 is 4.90 Å². The maximum atomic E-state index is 4.47. The summed E-state index contributed by atoms with van der Waals surface area (Å²) in [6, 6.07) is 10.7. The van der Waals surface area contributed by atoms with Gasteiger partial charge in [0, 0.05) is 24.3 Å². The number of nitrogens with zero attached hydrogens (tertiary/aromatic N) is 2. The van der Waals surface area contributed by atoms with Gasteiger partial charge in [-0.15, -0.1) is 0 Å². The molecule has 3 heteroatoms. The van der Waals surface area contributed by atoms with Crippen molar-refractivity contribution in [3.63, 3.8) is 0 Å². The molecular formula is C15H17BrN2. The Balaban J connectivity index is 2.16. The lowest BCUT2D eigenvalue weighted by Crippen LogP contribution is -2.18. The molecule has 0 fully saturated rings. The van der Waals surface area contributed by atoms with Gasteiger partial charge in [0.15, 0.2) is 0 Å². The molecule has 1 aromatic heterocycles. The molecule has 0 aliphatic carbocycles. The van der Waals surface area contributed by atoms with Gasteiger partial charge in [-0.2, -0.15) is 0 Å². The van der Waals surface area contributed by atoms with Gasteiger partial charge in [0.25, 0.3) is 0 Å². The molecule has 1 aromatic carbocycles. The number of anilines is 1. The zero-order valence-corrected chi connectivity index (χ0v) is 12.5. The average molecular weight is 305 g/mol. The van der Waals surface area contributed by atoms with Gasteiger partial charge >= 0.3 is 0 Å². The number of aromatic nitrogens is 1. The first-order valence-corrected chi connectivity index (χ1v) is 6.74. The predicted molar refractivity (Wildman–Crippen MR) is 80.0 cm³/mol. The summed E-state index contributed by atoms with van der Waals surface area (Å²) in [5.74, 6) is 1.03. The third kappa shape index (κ3) is 3.10. The summed E-state index contributed by atoms with van der Waals surface area (Å²) in [7, 11) is 2.07. The van der Waals surface area contributed by atoms with Gasteiger partial charge in [0.05, 0.1) is 0 Å². The standard InChI is InChI=1S/C15H17BrN2/c1-11-4-6-13(7-5-11)10-18(3)15-12(2)8-14(16)9-17-15/h4-9H,10H2,1-3H3. The van der Waals surface area contributed by atoms with Crippen LogP contribution in [0.1, 0.15) is 16.7 Å². The Morgan fingerprint density at radius 3 is 2.44 bits per heavy atom. The second-order valence-electron chi connectivity index (χ2n) is 4.64. The maximum Gasteiger partial charge on any atom is 0.131 e. The molecule has 0 unspecified atom stereocenters. The minimum Gasteiger partial charge on any atom is -0.355 e. The predicted octanol–water partition coefficient (Wildman–Crippen LogP) is 4.10. The van der Waals surface area contributed by atoms with Crippen molar-refractivity contribution in [3.8, 4) is 0 Å². The number of hydrogen-bond acceptors (Lipinski definition) is 2. The van der Waals surface area contributed by atoms with Gasteiger partial charge in [0.1, 0.15) is 5.82 Å². The van der Waals surface area contributed by atoms with Crippen LogP contribution in [-0.4, -0.2) is 12.0 Å². The minimum absolute atomic E-state index is 0.871. The molecule has 0 aliphatic heterocycles. The van der Waals surface area contributed by atoms with Gasteiger partial charge in [-0.05, 0) is 47.0 Å². The first-order chi connectivity index (χ1) is 8.56. The Bertz CT molecular complexity index is 535. The maximum absolute atomic E-state index is 4.47. The van der Waals surface area contributed by atoms with Gasteiger partial charge in [-0.3, -0.25) is 0 Å². The number of aryl methyl sites for hydroxylation is 2. The van der Waals surface area contributed by atoms with E-state index in [2.05, 4.69) is 77.0 Å². The molecular weight excluding hydrogens is 288 g/mol. The number of pyridine rings is 1. The molecule has 94 valence electrons. The van der Waals surface area contributed by atoms with Crippen LogP contribution in [0.15, 0.2) is 41.0 Å². The minimum atomic E-state index is 0.871. The van der Waals surface area contributed by atoms with Gasteiger partial charge in [-0.1, -0.05) is 29.8 Å². The Morgan fingerprint density at radius 1 is 1.17 bits per heavy atom. The second-order valence-corrected chi connectivity index (χ2v) is 5.55. The lowest BCUT2D eigenvalue weighted by Gasteiger charge is -2.20.